The van der Waals surface area contributed by atoms with Crippen molar-refractivity contribution in [1.82, 2.24) is 9.55 Å². The van der Waals surface area contributed by atoms with Crippen LogP contribution in [0, 0.1) is 12.8 Å². The van der Waals surface area contributed by atoms with Gasteiger partial charge in [-0.3, -0.25) is 0 Å². The maximum Gasteiger partial charge on any atom is 0.203 e. The van der Waals surface area contributed by atoms with Gasteiger partial charge in [0.25, 0.3) is 0 Å². The van der Waals surface area contributed by atoms with Crippen LogP contribution in [0.4, 0.5) is 5.95 Å². The standard InChI is InChI=1S/C14H27N3O/c1-5-18-10-6-9-17-11-13(4)16-14(17)15-8-7-12(2)3/h11-12H,5-10H2,1-4H3,(H,15,16). The second-order valence-corrected chi connectivity index (χ2v) is 5.06. The van der Waals surface area contributed by atoms with Gasteiger partial charge in [0.2, 0.25) is 5.95 Å². The molecule has 0 saturated heterocycles. The number of rotatable bonds is 9. The number of nitrogens with one attached hydrogen (secondary N) is 1. The van der Waals surface area contributed by atoms with E-state index in [2.05, 4.69) is 34.9 Å². The fraction of sp³-hybridized carbons (Fsp3) is 0.786. The van der Waals surface area contributed by atoms with Gasteiger partial charge in [0.1, 0.15) is 0 Å². The predicted octanol–water partition coefficient (Wildman–Crippen LogP) is 3.08. The fourth-order valence-corrected chi connectivity index (χ4v) is 1.81. The number of hydrogen-bond acceptors (Lipinski definition) is 3. The summed E-state index contributed by atoms with van der Waals surface area (Å²) in [6, 6.07) is 0. The van der Waals surface area contributed by atoms with Crippen LogP contribution in [0.1, 0.15) is 39.3 Å². The molecular formula is C14H27N3O. The Hall–Kier alpha value is -1.03. The summed E-state index contributed by atoms with van der Waals surface area (Å²) in [6.45, 7) is 12.1. The van der Waals surface area contributed by atoms with E-state index in [9.17, 15) is 0 Å². The maximum absolute atomic E-state index is 5.36. The van der Waals surface area contributed by atoms with Gasteiger partial charge in [-0.15, -0.1) is 0 Å². The van der Waals surface area contributed by atoms with E-state index in [0.29, 0.717) is 0 Å². The number of nitrogens with zero attached hydrogens (tertiary/aromatic N) is 2. The van der Waals surface area contributed by atoms with Gasteiger partial charge in [-0.1, -0.05) is 13.8 Å². The average molecular weight is 253 g/mol. The number of ether oxygens (including phenoxy) is 1. The first-order valence-corrected chi connectivity index (χ1v) is 6.98. The van der Waals surface area contributed by atoms with E-state index in [1.54, 1.807) is 0 Å². The first kappa shape index (κ1) is 15.0. The molecule has 0 radical (unpaired) electrons. The Morgan fingerprint density at radius 3 is 2.89 bits per heavy atom. The lowest BCUT2D eigenvalue weighted by Gasteiger charge is -2.10. The van der Waals surface area contributed by atoms with Crippen LogP contribution in [-0.4, -0.2) is 29.3 Å². The normalized spacial score (nSPS) is 11.2. The van der Waals surface area contributed by atoms with E-state index < -0.39 is 0 Å². The maximum atomic E-state index is 5.36. The van der Waals surface area contributed by atoms with Crippen LogP contribution in [-0.2, 0) is 11.3 Å². The van der Waals surface area contributed by atoms with Gasteiger partial charge in [0.05, 0.1) is 5.69 Å². The third-order valence-corrected chi connectivity index (χ3v) is 2.79. The molecule has 4 nitrogen and oxygen atoms in total. The van der Waals surface area contributed by atoms with Gasteiger partial charge in [0, 0.05) is 32.5 Å². The highest BCUT2D eigenvalue weighted by atomic mass is 16.5. The number of imidazole rings is 1. The zero-order chi connectivity index (χ0) is 13.4. The molecule has 0 spiro atoms. The summed E-state index contributed by atoms with van der Waals surface area (Å²) in [5.74, 6) is 1.71. The van der Waals surface area contributed by atoms with Crippen molar-refractivity contribution in [1.29, 1.82) is 0 Å². The lowest BCUT2D eigenvalue weighted by molar-refractivity contribution is 0.142. The lowest BCUT2D eigenvalue weighted by Crippen LogP contribution is -2.11. The Bertz CT molecular complexity index is 334. The van der Waals surface area contributed by atoms with Crippen molar-refractivity contribution >= 4 is 5.95 Å². The largest absolute Gasteiger partial charge is 0.382 e. The smallest absolute Gasteiger partial charge is 0.203 e. The second-order valence-electron chi connectivity index (χ2n) is 5.06. The van der Waals surface area contributed by atoms with E-state index in [-0.39, 0.29) is 0 Å². The summed E-state index contributed by atoms with van der Waals surface area (Å²) < 4.78 is 7.55. The molecule has 1 aromatic rings. The molecule has 1 N–H and O–H groups in total. The summed E-state index contributed by atoms with van der Waals surface area (Å²) in [6.07, 6.45) is 4.30. The zero-order valence-electron chi connectivity index (χ0n) is 12.2. The molecule has 0 aliphatic rings. The molecule has 1 aromatic heterocycles. The van der Waals surface area contributed by atoms with Crippen molar-refractivity contribution in [3.8, 4) is 0 Å². The molecule has 0 amide bonds. The van der Waals surface area contributed by atoms with E-state index in [1.807, 2.05) is 13.8 Å². The fourth-order valence-electron chi connectivity index (χ4n) is 1.81. The molecule has 0 saturated carbocycles. The van der Waals surface area contributed by atoms with E-state index in [0.717, 1.165) is 50.3 Å². The molecule has 104 valence electrons. The molecular weight excluding hydrogens is 226 g/mol. The molecule has 18 heavy (non-hydrogen) atoms. The van der Waals surface area contributed by atoms with Crippen molar-refractivity contribution in [3.63, 3.8) is 0 Å². The van der Waals surface area contributed by atoms with Crippen molar-refractivity contribution in [3.05, 3.63) is 11.9 Å². The summed E-state index contributed by atoms with van der Waals surface area (Å²) in [4.78, 5) is 4.52. The van der Waals surface area contributed by atoms with Gasteiger partial charge in [-0.2, -0.15) is 0 Å². The molecule has 0 aromatic carbocycles. The van der Waals surface area contributed by atoms with E-state index >= 15 is 0 Å². The Labute approximate surface area is 111 Å². The summed E-state index contributed by atoms with van der Waals surface area (Å²) >= 11 is 0. The van der Waals surface area contributed by atoms with Gasteiger partial charge in [-0.05, 0) is 32.6 Å². The molecule has 1 rings (SSSR count). The molecule has 4 heteroatoms. The summed E-state index contributed by atoms with van der Waals surface area (Å²) in [5.41, 5.74) is 1.07. The van der Waals surface area contributed by atoms with Gasteiger partial charge < -0.3 is 14.6 Å². The third kappa shape index (κ3) is 5.54. The first-order valence-electron chi connectivity index (χ1n) is 6.98. The molecule has 0 bridgehead atoms. The first-order chi connectivity index (χ1) is 8.63. The van der Waals surface area contributed by atoms with Crippen molar-refractivity contribution in [2.75, 3.05) is 25.1 Å². The topological polar surface area (TPSA) is 39.1 Å². The lowest BCUT2D eigenvalue weighted by atomic mass is 10.1. The number of anilines is 1. The molecule has 0 atom stereocenters. The van der Waals surface area contributed by atoms with Crippen molar-refractivity contribution < 1.29 is 4.74 Å². The van der Waals surface area contributed by atoms with Crippen LogP contribution in [0.15, 0.2) is 6.20 Å². The number of hydrogen-bond donors (Lipinski definition) is 1. The van der Waals surface area contributed by atoms with Gasteiger partial charge >= 0.3 is 0 Å². The SMILES string of the molecule is CCOCCCn1cc(C)nc1NCCC(C)C. The molecule has 0 fully saturated rings. The van der Waals surface area contributed by atoms with Gasteiger partial charge in [0.15, 0.2) is 0 Å². The minimum absolute atomic E-state index is 0.722. The Balaban J connectivity index is 2.40. The van der Waals surface area contributed by atoms with Crippen molar-refractivity contribution in [2.24, 2.45) is 5.92 Å². The van der Waals surface area contributed by atoms with Crippen LogP contribution in [0.5, 0.6) is 0 Å². The van der Waals surface area contributed by atoms with Crippen LogP contribution < -0.4 is 5.32 Å². The van der Waals surface area contributed by atoms with Crippen LogP contribution in [0.2, 0.25) is 0 Å². The Morgan fingerprint density at radius 1 is 1.44 bits per heavy atom. The minimum Gasteiger partial charge on any atom is -0.382 e. The number of aromatic nitrogens is 2. The monoisotopic (exact) mass is 253 g/mol. The number of aryl methyl sites for hydroxylation is 2. The second kappa shape index (κ2) is 8.14. The molecule has 0 unspecified atom stereocenters. The highest BCUT2D eigenvalue weighted by Crippen LogP contribution is 2.10. The highest BCUT2D eigenvalue weighted by Gasteiger charge is 2.05. The summed E-state index contributed by atoms with van der Waals surface area (Å²) in [7, 11) is 0. The Kier molecular flexibility index (Phi) is 6.80. The van der Waals surface area contributed by atoms with Crippen LogP contribution in [0.3, 0.4) is 0 Å². The quantitative estimate of drug-likeness (QED) is 0.687. The van der Waals surface area contributed by atoms with Crippen LogP contribution >= 0.6 is 0 Å². The zero-order valence-corrected chi connectivity index (χ0v) is 12.2. The predicted molar refractivity (Wildman–Crippen MR) is 76.0 cm³/mol. The van der Waals surface area contributed by atoms with Crippen LogP contribution in [0.25, 0.3) is 0 Å². The highest BCUT2D eigenvalue weighted by molar-refractivity contribution is 5.28. The molecule has 0 aliphatic carbocycles. The van der Waals surface area contributed by atoms with E-state index in [4.69, 9.17) is 4.74 Å². The summed E-state index contributed by atoms with van der Waals surface area (Å²) in [5, 5.41) is 3.42. The molecule has 1 heterocycles. The Morgan fingerprint density at radius 2 is 2.22 bits per heavy atom. The van der Waals surface area contributed by atoms with Gasteiger partial charge in [-0.25, -0.2) is 4.98 Å². The third-order valence-electron chi connectivity index (χ3n) is 2.79. The molecule has 0 aliphatic heterocycles. The minimum atomic E-state index is 0.722. The van der Waals surface area contributed by atoms with Crippen molar-refractivity contribution in [2.45, 2.75) is 47.1 Å². The van der Waals surface area contributed by atoms with E-state index in [1.165, 1.54) is 6.42 Å². The average Bonchev–Trinajstić information content (AvgIpc) is 2.65.